The molecule has 4 aliphatic heterocycles. The van der Waals surface area contributed by atoms with Crippen LogP contribution in [0.15, 0.2) is 21.7 Å². The molecule has 0 aromatic heterocycles. The van der Waals surface area contributed by atoms with Crippen LogP contribution in [-0.4, -0.2) is 52.6 Å². The maximum Gasteiger partial charge on any atom is 0.352 e. The normalized spacial score (nSPS) is 23.6. The highest BCUT2D eigenvalue weighted by Crippen LogP contribution is 2.27. The fourth-order valence-corrected chi connectivity index (χ4v) is 4.58. The zero-order valence-corrected chi connectivity index (χ0v) is 18.7. The molecule has 10 nitrogen and oxygen atoms in total. The lowest BCUT2D eigenvalue weighted by molar-refractivity contribution is -0.658. The second-order valence-electron chi connectivity index (χ2n) is 8.36. The average molecular weight is 443 g/mol. The quantitative estimate of drug-likeness (QED) is 0.422. The first kappa shape index (κ1) is 21.2. The Labute approximate surface area is 184 Å². The van der Waals surface area contributed by atoms with E-state index in [9.17, 15) is 9.59 Å². The third kappa shape index (κ3) is 3.25. The number of fused-ring (bicyclic) bond motifs is 3. The van der Waals surface area contributed by atoms with Gasteiger partial charge in [-0.15, -0.1) is 0 Å². The largest absolute Gasteiger partial charge is 0.353 e. The fraction of sp³-hybridized carbons (Fsp3) is 0.545. The molecule has 5 rings (SSSR count). The summed E-state index contributed by atoms with van der Waals surface area (Å²) < 4.78 is 27.6. The van der Waals surface area contributed by atoms with Crippen molar-refractivity contribution in [3.63, 3.8) is 0 Å². The summed E-state index contributed by atoms with van der Waals surface area (Å²) in [6.07, 6.45) is -0.905. The highest BCUT2D eigenvalue weighted by molar-refractivity contribution is 5.77. The van der Waals surface area contributed by atoms with Crippen molar-refractivity contribution in [2.24, 2.45) is 7.05 Å². The molecule has 0 saturated carbocycles. The van der Waals surface area contributed by atoms with Crippen molar-refractivity contribution in [1.29, 1.82) is 0 Å². The Morgan fingerprint density at radius 2 is 1.91 bits per heavy atom. The van der Waals surface area contributed by atoms with Crippen molar-refractivity contribution in [3.05, 3.63) is 44.1 Å². The highest BCUT2D eigenvalue weighted by Gasteiger charge is 2.40. The van der Waals surface area contributed by atoms with E-state index >= 15 is 0 Å². The van der Waals surface area contributed by atoms with E-state index in [-0.39, 0.29) is 37.5 Å². The van der Waals surface area contributed by atoms with Gasteiger partial charge in [-0.3, -0.25) is 9.36 Å². The Morgan fingerprint density at radius 3 is 2.69 bits per heavy atom. The minimum atomic E-state index is -0.588. The van der Waals surface area contributed by atoms with Crippen LogP contribution in [0.5, 0.6) is 0 Å². The smallest absolute Gasteiger partial charge is 0.352 e. The Balaban J connectivity index is 1.79. The number of rotatable bonds is 3. The number of hydrogen-bond donors (Lipinski definition) is 0. The first-order valence-corrected chi connectivity index (χ1v) is 10.8. The van der Waals surface area contributed by atoms with Gasteiger partial charge in [-0.25, -0.2) is 4.79 Å². The molecule has 0 unspecified atom stereocenters. The Morgan fingerprint density at radius 1 is 1.12 bits per heavy atom. The van der Waals surface area contributed by atoms with E-state index < -0.39 is 5.69 Å². The van der Waals surface area contributed by atoms with Crippen molar-refractivity contribution in [1.82, 2.24) is 14.1 Å². The van der Waals surface area contributed by atoms with Crippen LogP contribution in [0, 0.1) is 13.8 Å². The third-order valence-electron chi connectivity index (χ3n) is 6.51. The van der Waals surface area contributed by atoms with Gasteiger partial charge in [0.05, 0.1) is 13.2 Å². The highest BCUT2D eigenvalue weighted by atomic mass is 16.7. The molecule has 0 aliphatic carbocycles. The summed E-state index contributed by atoms with van der Waals surface area (Å²) in [5.74, 6) is 0.342. The maximum absolute atomic E-state index is 13.2. The first-order valence-electron chi connectivity index (χ1n) is 10.8. The van der Waals surface area contributed by atoms with Crippen LogP contribution in [0.25, 0.3) is 22.6 Å². The standard InChI is InChI=1S/C22H27N4O6/c1-5-25-14-6-12(2)13(3)7-15(14)26(20-18(25)21(27)24(4)22(28)23-20)8-16-19-17(31-11-30-16)9-29-10-32-19/h6-7,16-17,19H,5,8-11H2,1-4H3/q+1/t16-,17+,19-/m0/s1. The van der Waals surface area contributed by atoms with Crippen LogP contribution < -0.4 is 15.8 Å². The Bertz CT molecular complexity index is 1280. The lowest BCUT2D eigenvalue weighted by Gasteiger charge is -2.40. The van der Waals surface area contributed by atoms with Gasteiger partial charge in [0, 0.05) is 13.1 Å². The number of aromatic nitrogens is 4. The van der Waals surface area contributed by atoms with Gasteiger partial charge in [-0.05, 0) is 38.0 Å². The summed E-state index contributed by atoms with van der Waals surface area (Å²) in [4.78, 5) is 30.0. The Kier molecular flexibility index (Phi) is 5.32. The van der Waals surface area contributed by atoms with Crippen molar-refractivity contribution >= 4 is 11.0 Å². The molecule has 4 aliphatic rings. The van der Waals surface area contributed by atoms with E-state index in [1.165, 1.54) is 7.05 Å². The molecule has 0 bridgehead atoms. The summed E-state index contributed by atoms with van der Waals surface area (Å²) in [7, 11) is 1.45. The molecule has 10 heteroatoms. The minimum absolute atomic E-state index is 0.122. The molecule has 170 valence electrons. The molecule has 32 heavy (non-hydrogen) atoms. The van der Waals surface area contributed by atoms with Crippen LogP contribution in [-0.2, 0) is 39.1 Å². The molecule has 0 amide bonds. The molecular formula is C22H27N4O6+. The lowest BCUT2D eigenvalue weighted by Crippen LogP contribution is -2.54. The lowest BCUT2D eigenvalue weighted by atomic mass is 10.0. The van der Waals surface area contributed by atoms with E-state index in [0.717, 1.165) is 26.7 Å². The summed E-state index contributed by atoms with van der Waals surface area (Å²) in [5.41, 5.74) is 3.43. The van der Waals surface area contributed by atoms with E-state index in [1.54, 1.807) is 0 Å². The maximum atomic E-state index is 13.2. The predicted octanol–water partition coefficient (Wildman–Crippen LogP) is 0.239. The zero-order chi connectivity index (χ0) is 22.6. The van der Waals surface area contributed by atoms with Gasteiger partial charge in [0.2, 0.25) is 11.3 Å². The number of nitrogens with zero attached hydrogens (tertiary/aromatic N) is 4. The monoisotopic (exact) mass is 443 g/mol. The van der Waals surface area contributed by atoms with Gasteiger partial charge < -0.3 is 23.5 Å². The fourth-order valence-electron chi connectivity index (χ4n) is 4.58. The van der Waals surface area contributed by atoms with Gasteiger partial charge in [-0.2, -0.15) is 9.55 Å². The minimum Gasteiger partial charge on any atom is -0.353 e. The van der Waals surface area contributed by atoms with Crippen molar-refractivity contribution in [2.75, 3.05) is 20.2 Å². The third-order valence-corrected chi connectivity index (χ3v) is 6.51. The molecule has 3 atom stereocenters. The van der Waals surface area contributed by atoms with Crippen molar-refractivity contribution in [3.8, 4) is 11.5 Å². The van der Waals surface area contributed by atoms with Crippen molar-refractivity contribution < 1.29 is 23.5 Å². The zero-order valence-electron chi connectivity index (χ0n) is 18.7. The van der Waals surface area contributed by atoms with Gasteiger partial charge in [-0.1, -0.05) is 0 Å². The molecule has 0 spiro atoms. The number of ether oxygens (including phenoxy) is 4. The molecule has 1 aromatic carbocycles. The summed E-state index contributed by atoms with van der Waals surface area (Å²) >= 11 is 0. The van der Waals surface area contributed by atoms with Gasteiger partial charge in [0.25, 0.3) is 0 Å². The molecule has 4 heterocycles. The van der Waals surface area contributed by atoms with Crippen LogP contribution in [0.1, 0.15) is 18.1 Å². The predicted molar refractivity (Wildman–Crippen MR) is 114 cm³/mol. The average Bonchev–Trinajstić information content (AvgIpc) is 2.79. The van der Waals surface area contributed by atoms with Gasteiger partial charge in [0.15, 0.2) is 0 Å². The number of aryl methyl sites for hydroxylation is 3. The van der Waals surface area contributed by atoms with Gasteiger partial charge >= 0.3 is 16.9 Å². The van der Waals surface area contributed by atoms with E-state index in [1.807, 2.05) is 29.9 Å². The second-order valence-corrected chi connectivity index (χ2v) is 8.36. The van der Waals surface area contributed by atoms with E-state index in [2.05, 4.69) is 17.1 Å². The molecule has 0 N–H and O–H groups in total. The second kappa shape index (κ2) is 8.04. The summed E-state index contributed by atoms with van der Waals surface area (Å²) in [5, 5.41) is 0. The first-order chi connectivity index (χ1) is 15.4. The molecule has 2 fully saturated rings. The topological polar surface area (TPSA) is 97.7 Å². The van der Waals surface area contributed by atoms with Crippen LogP contribution in [0.2, 0.25) is 0 Å². The van der Waals surface area contributed by atoms with Gasteiger partial charge in [0.1, 0.15) is 44.0 Å². The van der Waals surface area contributed by atoms with E-state index in [0.29, 0.717) is 31.2 Å². The van der Waals surface area contributed by atoms with Crippen LogP contribution in [0.3, 0.4) is 0 Å². The van der Waals surface area contributed by atoms with Crippen LogP contribution in [0.4, 0.5) is 0 Å². The Hall–Kier alpha value is -2.66. The van der Waals surface area contributed by atoms with Crippen molar-refractivity contribution in [2.45, 2.75) is 52.2 Å². The summed E-state index contributed by atoms with van der Waals surface area (Å²) in [6.45, 7) is 7.70. The van der Waals surface area contributed by atoms with Crippen LogP contribution >= 0.6 is 0 Å². The molecule has 2 saturated heterocycles. The molecule has 0 radical (unpaired) electrons. The molecular weight excluding hydrogens is 416 g/mol. The summed E-state index contributed by atoms with van der Waals surface area (Å²) in [6, 6.07) is 4.15. The SMILES string of the molecule is CC[n+]1c2c(=O)n(C)c(=O)nc-2n(C[C@@H]2OCO[C@@H]3COCO[C@@H]23)c2cc(C)c(C)cc21. The number of hydrogen-bond acceptors (Lipinski definition) is 7. The molecule has 1 aromatic rings. The van der Waals surface area contributed by atoms with E-state index in [4.69, 9.17) is 18.9 Å². The number of benzene rings is 1.